The summed E-state index contributed by atoms with van der Waals surface area (Å²) in [7, 11) is 4.00. The summed E-state index contributed by atoms with van der Waals surface area (Å²) in [4.78, 5) is 10.8. The summed E-state index contributed by atoms with van der Waals surface area (Å²) in [5.74, 6) is 0.845. The number of aromatic nitrogens is 3. The highest BCUT2D eigenvalue weighted by atomic mass is 16.5. The van der Waals surface area contributed by atoms with E-state index in [1.54, 1.807) is 30.9 Å². The summed E-state index contributed by atoms with van der Waals surface area (Å²) >= 11 is 0. The second-order valence-electron chi connectivity index (χ2n) is 6.85. The van der Waals surface area contributed by atoms with E-state index < -0.39 is 0 Å². The quantitative estimate of drug-likeness (QED) is 0.581. The minimum Gasteiger partial charge on any atom is -0.508 e. The van der Waals surface area contributed by atoms with E-state index in [9.17, 15) is 5.11 Å². The van der Waals surface area contributed by atoms with Crippen LogP contribution in [0.25, 0.3) is 0 Å². The molecule has 0 aliphatic carbocycles. The molecule has 138 valence electrons. The Morgan fingerprint density at radius 3 is 2.89 bits per heavy atom. The number of aromatic hydroxyl groups is 1. The molecule has 2 N–H and O–H groups in total. The predicted molar refractivity (Wildman–Crippen MR) is 100.0 cm³/mol. The van der Waals surface area contributed by atoms with Crippen molar-refractivity contribution in [2.45, 2.75) is 12.5 Å². The second kappa shape index (κ2) is 6.85. The van der Waals surface area contributed by atoms with Gasteiger partial charge in [-0.15, -0.1) is 0 Å². The van der Waals surface area contributed by atoms with Crippen LogP contribution in [0.1, 0.15) is 22.6 Å². The van der Waals surface area contributed by atoms with Crippen LogP contribution >= 0.6 is 0 Å². The SMILES string of the molecule is CN(C)CCn1cnc2c(c1=N)C(c1cccnc1)c1ccc(O)cc1O2. The fourth-order valence-corrected chi connectivity index (χ4v) is 3.33. The molecule has 1 unspecified atom stereocenters. The zero-order valence-corrected chi connectivity index (χ0v) is 15.3. The van der Waals surface area contributed by atoms with Crippen molar-refractivity contribution in [1.82, 2.24) is 19.4 Å². The molecule has 4 rings (SSSR count). The number of benzene rings is 1. The molecule has 0 spiro atoms. The van der Waals surface area contributed by atoms with Gasteiger partial charge in [0.15, 0.2) is 0 Å². The largest absolute Gasteiger partial charge is 0.508 e. The molecule has 0 saturated heterocycles. The number of pyridine rings is 1. The monoisotopic (exact) mass is 363 g/mol. The van der Waals surface area contributed by atoms with E-state index in [0.29, 0.717) is 29.2 Å². The molecular formula is C20H21N5O2. The van der Waals surface area contributed by atoms with Gasteiger partial charge in [-0.3, -0.25) is 10.4 Å². The maximum absolute atomic E-state index is 9.86. The molecule has 7 heteroatoms. The number of nitrogens with one attached hydrogen (secondary N) is 1. The summed E-state index contributed by atoms with van der Waals surface area (Å²) in [5.41, 5.74) is 2.92. The smallest absolute Gasteiger partial charge is 0.228 e. The van der Waals surface area contributed by atoms with Crippen LogP contribution in [0.15, 0.2) is 49.1 Å². The van der Waals surface area contributed by atoms with E-state index in [-0.39, 0.29) is 11.7 Å². The van der Waals surface area contributed by atoms with E-state index in [0.717, 1.165) is 17.7 Å². The number of ether oxygens (including phenoxy) is 1. The van der Waals surface area contributed by atoms with E-state index in [1.165, 1.54) is 0 Å². The van der Waals surface area contributed by atoms with Gasteiger partial charge in [0.05, 0.1) is 5.56 Å². The number of phenolic OH excluding ortho intramolecular Hbond substituents is 1. The first-order valence-electron chi connectivity index (χ1n) is 8.74. The Hall–Kier alpha value is -3.19. The van der Waals surface area contributed by atoms with E-state index >= 15 is 0 Å². The van der Waals surface area contributed by atoms with Crippen molar-refractivity contribution in [2.24, 2.45) is 0 Å². The molecule has 27 heavy (non-hydrogen) atoms. The topological polar surface area (TPSA) is 87.3 Å². The van der Waals surface area contributed by atoms with Gasteiger partial charge in [0, 0.05) is 43.0 Å². The minimum absolute atomic E-state index is 0.130. The zero-order chi connectivity index (χ0) is 19.0. The molecule has 0 bridgehead atoms. The Balaban J connectivity index is 1.90. The van der Waals surface area contributed by atoms with Crippen LogP contribution in [0, 0.1) is 5.41 Å². The Labute approximate surface area is 157 Å². The summed E-state index contributed by atoms with van der Waals surface area (Å²) in [5, 5.41) is 18.6. The lowest BCUT2D eigenvalue weighted by Gasteiger charge is -2.28. The molecule has 0 fully saturated rings. The standard InChI is InChI=1S/C20H21N5O2/c1-24(2)8-9-25-12-23-20-18(19(25)21)17(13-4-3-7-22-11-13)15-6-5-14(26)10-16(15)27-20/h3-7,10-12,17,21,26H,8-9H2,1-2H3. The summed E-state index contributed by atoms with van der Waals surface area (Å²) in [6, 6.07) is 8.92. The van der Waals surface area contributed by atoms with Crippen molar-refractivity contribution in [2.75, 3.05) is 20.6 Å². The first-order valence-corrected chi connectivity index (χ1v) is 8.74. The van der Waals surface area contributed by atoms with Crippen molar-refractivity contribution in [3.63, 3.8) is 0 Å². The highest BCUT2D eigenvalue weighted by Crippen LogP contribution is 2.45. The van der Waals surface area contributed by atoms with Crippen LogP contribution in [0.3, 0.4) is 0 Å². The van der Waals surface area contributed by atoms with Crippen LogP contribution < -0.4 is 10.2 Å². The number of nitrogens with zero attached hydrogens (tertiary/aromatic N) is 4. The predicted octanol–water partition coefficient (Wildman–Crippen LogP) is 2.31. The Morgan fingerprint density at radius 1 is 1.30 bits per heavy atom. The van der Waals surface area contributed by atoms with Crippen molar-refractivity contribution >= 4 is 0 Å². The number of phenols is 1. The van der Waals surface area contributed by atoms with Gasteiger partial charge in [-0.05, 0) is 31.8 Å². The van der Waals surface area contributed by atoms with Gasteiger partial charge in [0.25, 0.3) is 0 Å². The van der Waals surface area contributed by atoms with Gasteiger partial charge < -0.3 is 19.3 Å². The molecule has 1 aromatic carbocycles. The van der Waals surface area contributed by atoms with E-state index in [4.69, 9.17) is 10.1 Å². The van der Waals surface area contributed by atoms with Crippen molar-refractivity contribution in [3.05, 3.63) is 71.2 Å². The number of hydrogen-bond donors (Lipinski definition) is 2. The lowest BCUT2D eigenvalue weighted by Crippen LogP contribution is -2.32. The minimum atomic E-state index is -0.232. The van der Waals surface area contributed by atoms with Crippen LogP contribution in [0.2, 0.25) is 0 Å². The fraction of sp³-hybridized carbons (Fsp3) is 0.250. The normalized spacial score (nSPS) is 15.1. The number of rotatable bonds is 4. The van der Waals surface area contributed by atoms with Crippen LogP contribution in [0.4, 0.5) is 0 Å². The van der Waals surface area contributed by atoms with Crippen molar-refractivity contribution < 1.29 is 9.84 Å². The first kappa shape index (κ1) is 17.2. The Morgan fingerprint density at radius 2 is 2.15 bits per heavy atom. The Bertz CT molecular complexity index is 1030. The van der Waals surface area contributed by atoms with E-state index in [2.05, 4.69) is 14.9 Å². The first-order chi connectivity index (χ1) is 13.0. The molecule has 0 amide bonds. The molecule has 1 aliphatic heterocycles. The average molecular weight is 363 g/mol. The molecule has 7 nitrogen and oxygen atoms in total. The molecule has 2 aromatic heterocycles. The summed E-state index contributed by atoms with van der Waals surface area (Å²) in [6.07, 6.45) is 5.16. The third-order valence-electron chi connectivity index (χ3n) is 4.70. The molecule has 1 atom stereocenters. The third-order valence-corrected chi connectivity index (χ3v) is 4.70. The third kappa shape index (κ3) is 3.17. The van der Waals surface area contributed by atoms with Gasteiger partial charge in [0.1, 0.15) is 23.3 Å². The lowest BCUT2D eigenvalue weighted by molar-refractivity contribution is 0.370. The summed E-state index contributed by atoms with van der Waals surface area (Å²) in [6.45, 7) is 1.47. The van der Waals surface area contributed by atoms with Crippen LogP contribution in [-0.4, -0.2) is 45.2 Å². The molecule has 0 radical (unpaired) electrons. The van der Waals surface area contributed by atoms with Crippen LogP contribution in [-0.2, 0) is 6.54 Å². The number of fused-ring (bicyclic) bond motifs is 2. The van der Waals surface area contributed by atoms with E-state index in [1.807, 2.05) is 36.9 Å². The maximum atomic E-state index is 9.86. The Kier molecular flexibility index (Phi) is 4.37. The average Bonchev–Trinajstić information content (AvgIpc) is 2.66. The number of hydrogen-bond acceptors (Lipinski definition) is 6. The highest BCUT2D eigenvalue weighted by molar-refractivity contribution is 5.56. The second-order valence-corrected chi connectivity index (χ2v) is 6.85. The van der Waals surface area contributed by atoms with Gasteiger partial charge in [0.2, 0.25) is 5.88 Å². The van der Waals surface area contributed by atoms with Crippen molar-refractivity contribution in [1.29, 1.82) is 5.41 Å². The maximum Gasteiger partial charge on any atom is 0.228 e. The lowest BCUT2D eigenvalue weighted by atomic mass is 9.84. The molecule has 3 aromatic rings. The van der Waals surface area contributed by atoms with Crippen molar-refractivity contribution in [3.8, 4) is 17.4 Å². The molecule has 1 aliphatic rings. The summed E-state index contributed by atoms with van der Waals surface area (Å²) < 4.78 is 7.77. The number of likely N-dealkylation sites (N-methyl/N-ethyl adjacent to an activating group) is 1. The van der Waals surface area contributed by atoms with Gasteiger partial charge in [-0.1, -0.05) is 12.1 Å². The fourth-order valence-electron chi connectivity index (χ4n) is 3.33. The van der Waals surface area contributed by atoms with Crippen LogP contribution in [0.5, 0.6) is 17.4 Å². The molecular weight excluding hydrogens is 342 g/mol. The molecule has 3 heterocycles. The highest BCUT2D eigenvalue weighted by Gasteiger charge is 2.32. The molecule has 0 saturated carbocycles. The van der Waals surface area contributed by atoms with Gasteiger partial charge in [-0.25, -0.2) is 4.98 Å². The van der Waals surface area contributed by atoms with Gasteiger partial charge >= 0.3 is 0 Å². The zero-order valence-electron chi connectivity index (χ0n) is 15.3. The van der Waals surface area contributed by atoms with Gasteiger partial charge in [-0.2, -0.15) is 0 Å².